The van der Waals surface area contributed by atoms with Crippen LogP contribution < -0.4 is 5.32 Å². The summed E-state index contributed by atoms with van der Waals surface area (Å²) in [4.78, 5) is 38.3. The summed E-state index contributed by atoms with van der Waals surface area (Å²) in [5.74, 6) is -1.76. The number of imide groups is 1. The van der Waals surface area contributed by atoms with Crippen LogP contribution in [0.4, 0.5) is 10.1 Å². The van der Waals surface area contributed by atoms with Crippen LogP contribution in [0, 0.1) is 5.82 Å². The van der Waals surface area contributed by atoms with Crippen molar-refractivity contribution >= 4 is 23.4 Å². The van der Waals surface area contributed by atoms with E-state index in [0.29, 0.717) is 18.7 Å². The highest BCUT2D eigenvalue weighted by molar-refractivity contribution is 6.22. The zero-order valence-corrected chi connectivity index (χ0v) is 14.1. The predicted molar refractivity (Wildman–Crippen MR) is 92.7 cm³/mol. The first-order valence-corrected chi connectivity index (χ1v) is 8.07. The zero-order chi connectivity index (χ0) is 18.7. The molecule has 3 amide bonds. The van der Waals surface area contributed by atoms with Crippen molar-refractivity contribution < 1.29 is 23.5 Å². The Morgan fingerprint density at radius 3 is 2.62 bits per heavy atom. The van der Waals surface area contributed by atoms with E-state index in [-0.39, 0.29) is 29.1 Å². The molecular weight excluding hydrogens is 339 g/mol. The van der Waals surface area contributed by atoms with Gasteiger partial charge in [0.1, 0.15) is 5.82 Å². The molecule has 0 atom stereocenters. The Morgan fingerprint density at radius 1 is 1.12 bits per heavy atom. The molecule has 1 N–H and O–H groups in total. The first-order chi connectivity index (χ1) is 12.5. The molecule has 0 unspecified atom stereocenters. The number of methoxy groups -OCH3 is 1. The number of nitrogens with one attached hydrogen (secondary N) is 1. The second-order valence-corrected chi connectivity index (χ2v) is 5.83. The van der Waals surface area contributed by atoms with E-state index in [9.17, 15) is 18.8 Å². The van der Waals surface area contributed by atoms with Crippen molar-refractivity contribution in [3.63, 3.8) is 0 Å². The number of carbonyl (C=O) groups excluding carboxylic acids is 3. The number of halogens is 1. The summed E-state index contributed by atoms with van der Waals surface area (Å²) in [5.41, 5.74) is 0.987. The van der Waals surface area contributed by atoms with Crippen LogP contribution in [0.25, 0.3) is 0 Å². The molecule has 0 saturated heterocycles. The SMILES string of the molecule is COCCCN1C(=O)c2ccc(C(=O)Nc3cccc(F)c3)cc2C1=O. The van der Waals surface area contributed by atoms with Crippen LogP contribution in [0.5, 0.6) is 0 Å². The minimum atomic E-state index is -0.489. The number of benzene rings is 2. The van der Waals surface area contributed by atoms with Crippen LogP contribution in [0.3, 0.4) is 0 Å². The van der Waals surface area contributed by atoms with Crippen LogP contribution in [-0.4, -0.2) is 42.9 Å². The summed E-state index contributed by atoms with van der Waals surface area (Å²) >= 11 is 0. The van der Waals surface area contributed by atoms with Gasteiger partial charge in [-0.1, -0.05) is 6.07 Å². The molecule has 26 heavy (non-hydrogen) atoms. The Kier molecular flexibility index (Phi) is 5.09. The maximum atomic E-state index is 13.2. The van der Waals surface area contributed by atoms with Gasteiger partial charge in [-0.15, -0.1) is 0 Å². The number of hydrogen-bond donors (Lipinski definition) is 1. The van der Waals surface area contributed by atoms with E-state index in [1.165, 1.54) is 36.4 Å². The minimum Gasteiger partial charge on any atom is -0.385 e. The molecule has 134 valence electrons. The summed E-state index contributed by atoms with van der Waals surface area (Å²) in [6, 6.07) is 9.82. The fourth-order valence-electron chi connectivity index (χ4n) is 2.77. The summed E-state index contributed by atoms with van der Waals surface area (Å²) in [6.07, 6.45) is 0.537. The molecule has 7 heteroatoms. The van der Waals surface area contributed by atoms with Crippen molar-refractivity contribution in [2.75, 3.05) is 25.6 Å². The van der Waals surface area contributed by atoms with Gasteiger partial charge in [0.25, 0.3) is 17.7 Å². The Morgan fingerprint density at radius 2 is 1.88 bits per heavy atom. The number of carbonyl (C=O) groups is 3. The highest BCUT2D eigenvalue weighted by Crippen LogP contribution is 2.24. The molecule has 0 fully saturated rings. The molecule has 1 aliphatic heterocycles. The molecule has 2 aromatic rings. The van der Waals surface area contributed by atoms with Crippen molar-refractivity contribution in [2.24, 2.45) is 0 Å². The molecule has 0 spiro atoms. The lowest BCUT2D eigenvalue weighted by molar-refractivity contribution is 0.0638. The molecule has 3 rings (SSSR count). The first kappa shape index (κ1) is 17.8. The topological polar surface area (TPSA) is 75.7 Å². The zero-order valence-electron chi connectivity index (χ0n) is 14.1. The van der Waals surface area contributed by atoms with Crippen LogP contribution in [-0.2, 0) is 4.74 Å². The van der Waals surface area contributed by atoms with E-state index in [1.54, 1.807) is 13.2 Å². The highest BCUT2D eigenvalue weighted by Gasteiger charge is 2.35. The highest BCUT2D eigenvalue weighted by atomic mass is 19.1. The second kappa shape index (κ2) is 7.45. The monoisotopic (exact) mass is 356 g/mol. The van der Waals surface area contributed by atoms with Crippen molar-refractivity contribution in [1.29, 1.82) is 0 Å². The lowest BCUT2D eigenvalue weighted by atomic mass is 10.1. The third kappa shape index (κ3) is 3.48. The molecular formula is C19H17FN2O4. The predicted octanol–water partition coefficient (Wildman–Crippen LogP) is 2.71. The maximum Gasteiger partial charge on any atom is 0.261 e. The first-order valence-electron chi connectivity index (χ1n) is 8.07. The molecule has 0 bridgehead atoms. The fraction of sp³-hybridized carbons (Fsp3) is 0.211. The van der Waals surface area contributed by atoms with Gasteiger partial charge in [-0.25, -0.2) is 4.39 Å². The lowest BCUT2D eigenvalue weighted by Crippen LogP contribution is -2.31. The Labute approximate surface area is 149 Å². The molecule has 6 nitrogen and oxygen atoms in total. The van der Waals surface area contributed by atoms with E-state index in [4.69, 9.17) is 4.74 Å². The standard InChI is InChI=1S/C19H17FN2O4/c1-26-9-3-8-22-18(24)15-7-6-12(10-16(15)19(22)25)17(23)21-14-5-2-4-13(20)11-14/h2,4-7,10-11H,3,8-9H2,1H3,(H,21,23). The number of anilines is 1. The molecule has 0 radical (unpaired) electrons. The quantitative estimate of drug-likeness (QED) is 0.638. The third-order valence-corrected chi connectivity index (χ3v) is 4.05. The van der Waals surface area contributed by atoms with Crippen molar-refractivity contribution in [1.82, 2.24) is 4.90 Å². The largest absolute Gasteiger partial charge is 0.385 e. The minimum absolute atomic E-state index is 0.194. The molecule has 0 saturated carbocycles. The van der Waals surface area contributed by atoms with Crippen LogP contribution in [0.2, 0.25) is 0 Å². The maximum absolute atomic E-state index is 13.2. The molecule has 2 aromatic carbocycles. The summed E-state index contributed by atoms with van der Waals surface area (Å²) < 4.78 is 18.2. The smallest absolute Gasteiger partial charge is 0.261 e. The van der Waals surface area contributed by atoms with Gasteiger partial charge in [0.2, 0.25) is 0 Å². The average Bonchev–Trinajstić information content (AvgIpc) is 2.86. The lowest BCUT2D eigenvalue weighted by Gasteiger charge is -2.12. The van der Waals surface area contributed by atoms with Gasteiger partial charge in [0.05, 0.1) is 11.1 Å². The van der Waals surface area contributed by atoms with Crippen LogP contribution in [0.15, 0.2) is 42.5 Å². The van der Waals surface area contributed by atoms with Gasteiger partial charge in [0, 0.05) is 31.5 Å². The normalized spacial score (nSPS) is 13.1. The van der Waals surface area contributed by atoms with Gasteiger partial charge in [-0.3, -0.25) is 19.3 Å². The van der Waals surface area contributed by atoms with E-state index in [0.717, 1.165) is 4.90 Å². The number of ether oxygens (including phenoxy) is 1. The van der Waals surface area contributed by atoms with E-state index in [2.05, 4.69) is 5.32 Å². The number of nitrogens with zero attached hydrogens (tertiary/aromatic N) is 1. The van der Waals surface area contributed by atoms with E-state index < -0.39 is 17.6 Å². The van der Waals surface area contributed by atoms with Crippen LogP contribution >= 0.6 is 0 Å². The molecule has 0 aliphatic carbocycles. The number of amides is 3. The molecule has 1 heterocycles. The number of rotatable bonds is 6. The van der Waals surface area contributed by atoms with Gasteiger partial charge in [-0.05, 0) is 42.8 Å². The Bertz CT molecular complexity index is 882. The molecule has 0 aromatic heterocycles. The second-order valence-electron chi connectivity index (χ2n) is 5.83. The van der Waals surface area contributed by atoms with Crippen LogP contribution in [0.1, 0.15) is 37.5 Å². The summed E-state index contributed by atoms with van der Waals surface area (Å²) in [7, 11) is 1.55. The third-order valence-electron chi connectivity index (χ3n) is 4.05. The number of fused-ring (bicyclic) bond motifs is 1. The summed E-state index contributed by atoms with van der Waals surface area (Å²) in [5, 5.41) is 2.56. The average molecular weight is 356 g/mol. The van der Waals surface area contributed by atoms with Crippen molar-refractivity contribution in [3.05, 3.63) is 65.0 Å². The molecule has 1 aliphatic rings. The van der Waals surface area contributed by atoms with E-state index in [1.807, 2.05) is 0 Å². The summed E-state index contributed by atoms with van der Waals surface area (Å²) in [6.45, 7) is 0.694. The van der Waals surface area contributed by atoms with Gasteiger partial charge >= 0.3 is 0 Å². The van der Waals surface area contributed by atoms with Crippen molar-refractivity contribution in [2.45, 2.75) is 6.42 Å². The fourth-order valence-corrected chi connectivity index (χ4v) is 2.77. The Balaban J connectivity index is 1.78. The number of hydrogen-bond acceptors (Lipinski definition) is 4. The van der Waals surface area contributed by atoms with Gasteiger partial charge < -0.3 is 10.1 Å². The Hall–Kier alpha value is -3.06. The van der Waals surface area contributed by atoms with Gasteiger partial charge in [0.15, 0.2) is 0 Å². The van der Waals surface area contributed by atoms with Gasteiger partial charge in [-0.2, -0.15) is 0 Å². The van der Waals surface area contributed by atoms with Crippen molar-refractivity contribution in [3.8, 4) is 0 Å². The van der Waals surface area contributed by atoms with E-state index >= 15 is 0 Å².